The van der Waals surface area contributed by atoms with E-state index in [0.717, 1.165) is 40.4 Å². The largest absolute Gasteiger partial charge is 0.497 e. The maximum Gasteiger partial charge on any atom is 0.296 e. The van der Waals surface area contributed by atoms with Gasteiger partial charge in [-0.15, -0.1) is 0 Å². The molecule has 0 aliphatic carbocycles. The number of hydrogen-bond donors (Lipinski definition) is 0. The molecule has 0 unspecified atom stereocenters. The van der Waals surface area contributed by atoms with Crippen LogP contribution in [0.1, 0.15) is 23.6 Å². The molecule has 6 nitrogen and oxygen atoms in total. The smallest absolute Gasteiger partial charge is 0.296 e. The van der Waals surface area contributed by atoms with E-state index in [1.807, 2.05) is 77.8 Å². The van der Waals surface area contributed by atoms with Crippen LogP contribution >= 0.6 is 11.8 Å². The molecule has 3 aromatic carbocycles. The van der Waals surface area contributed by atoms with E-state index in [1.54, 1.807) is 12.0 Å². The lowest BCUT2D eigenvalue weighted by Crippen LogP contribution is -2.64. The molecule has 2 atom stereocenters. The minimum absolute atomic E-state index is 0.0187. The lowest BCUT2D eigenvalue weighted by molar-refractivity contribution is -0.0927. The first-order valence-electron chi connectivity index (χ1n) is 10.5. The number of nitrogens with zero attached hydrogens (tertiary/aromatic N) is 3. The van der Waals surface area contributed by atoms with Crippen molar-refractivity contribution in [2.75, 3.05) is 17.8 Å². The van der Waals surface area contributed by atoms with Crippen molar-refractivity contribution in [1.29, 1.82) is 0 Å². The number of amides is 1. The SMILES string of the molecule is COc1ccc(C2=NN3[C@@H](C2)c2ccccc2O[C@]32CSC(=O)N2c2ccccc2)cc1. The second-order valence-corrected chi connectivity index (χ2v) is 8.87. The van der Waals surface area contributed by atoms with Crippen molar-refractivity contribution in [1.82, 2.24) is 5.01 Å². The van der Waals surface area contributed by atoms with Gasteiger partial charge in [-0.05, 0) is 48.0 Å². The number of carbonyl (C=O) groups excluding carboxylic acids is 1. The molecule has 1 spiro atoms. The fourth-order valence-electron chi connectivity index (χ4n) is 4.66. The Kier molecular flexibility index (Phi) is 4.40. The summed E-state index contributed by atoms with van der Waals surface area (Å²) in [6.45, 7) is 0. The van der Waals surface area contributed by atoms with E-state index in [9.17, 15) is 4.79 Å². The Balaban J connectivity index is 1.49. The summed E-state index contributed by atoms with van der Waals surface area (Å²) in [7, 11) is 1.66. The topological polar surface area (TPSA) is 54.4 Å². The third kappa shape index (κ3) is 2.81. The molecule has 0 saturated carbocycles. The van der Waals surface area contributed by atoms with Crippen LogP contribution in [-0.2, 0) is 0 Å². The van der Waals surface area contributed by atoms with Crippen LogP contribution in [0.4, 0.5) is 10.5 Å². The summed E-state index contributed by atoms with van der Waals surface area (Å²) in [5.74, 6) is 1.06. The average molecular weight is 444 g/mol. The number of carbonyl (C=O) groups is 1. The highest BCUT2D eigenvalue weighted by Gasteiger charge is 2.60. The van der Waals surface area contributed by atoms with Crippen molar-refractivity contribution in [2.45, 2.75) is 18.3 Å². The molecule has 6 rings (SSSR count). The lowest BCUT2D eigenvalue weighted by atomic mass is 9.96. The van der Waals surface area contributed by atoms with Crippen LogP contribution in [0, 0.1) is 0 Å². The number of methoxy groups -OCH3 is 1. The van der Waals surface area contributed by atoms with Crippen molar-refractivity contribution in [3.8, 4) is 11.5 Å². The first-order chi connectivity index (χ1) is 15.7. The van der Waals surface area contributed by atoms with Gasteiger partial charge in [-0.2, -0.15) is 5.10 Å². The van der Waals surface area contributed by atoms with E-state index in [1.165, 1.54) is 11.8 Å². The molecule has 0 radical (unpaired) electrons. The summed E-state index contributed by atoms with van der Waals surface area (Å²) < 4.78 is 11.9. The molecule has 3 aliphatic heterocycles. The molecule has 1 saturated heterocycles. The van der Waals surface area contributed by atoms with Gasteiger partial charge in [0, 0.05) is 12.0 Å². The number of ether oxygens (including phenoxy) is 2. The highest BCUT2D eigenvalue weighted by atomic mass is 32.2. The van der Waals surface area contributed by atoms with Gasteiger partial charge in [-0.1, -0.05) is 48.2 Å². The van der Waals surface area contributed by atoms with Gasteiger partial charge in [0.2, 0.25) is 0 Å². The summed E-state index contributed by atoms with van der Waals surface area (Å²) >= 11 is 1.27. The van der Waals surface area contributed by atoms with E-state index in [-0.39, 0.29) is 11.3 Å². The molecule has 1 amide bonds. The molecule has 7 heteroatoms. The van der Waals surface area contributed by atoms with Gasteiger partial charge in [0.25, 0.3) is 11.1 Å². The van der Waals surface area contributed by atoms with E-state index < -0.39 is 5.85 Å². The summed E-state index contributed by atoms with van der Waals surface area (Å²) in [5, 5.41) is 7.02. The van der Waals surface area contributed by atoms with Crippen LogP contribution in [0.15, 0.2) is 84.0 Å². The summed E-state index contributed by atoms with van der Waals surface area (Å²) in [6, 6.07) is 25.7. The van der Waals surface area contributed by atoms with Crippen molar-refractivity contribution in [3.63, 3.8) is 0 Å². The van der Waals surface area contributed by atoms with Gasteiger partial charge in [0.1, 0.15) is 11.5 Å². The molecule has 32 heavy (non-hydrogen) atoms. The molecule has 3 heterocycles. The number of benzene rings is 3. The molecule has 160 valence electrons. The third-order valence-corrected chi connectivity index (χ3v) is 7.12. The average Bonchev–Trinajstić information content (AvgIpc) is 3.43. The van der Waals surface area contributed by atoms with Gasteiger partial charge in [0.05, 0.1) is 30.3 Å². The van der Waals surface area contributed by atoms with Crippen molar-refractivity contribution >= 4 is 28.4 Å². The van der Waals surface area contributed by atoms with Crippen LogP contribution in [0.2, 0.25) is 0 Å². The number of thioether (sulfide) groups is 1. The first-order valence-corrected chi connectivity index (χ1v) is 11.5. The van der Waals surface area contributed by atoms with Gasteiger partial charge >= 0.3 is 0 Å². The predicted molar refractivity (Wildman–Crippen MR) is 125 cm³/mol. The minimum atomic E-state index is -1.02. The Morgan fingerprint density at radius 2 is 1.78 bits per heavy atom. The zero-order valence-electron chi connectivity index (χ0n) is 17.5. The highest BCUT2D eigenvalue weighted by molar-refractivity contribution is 8.14. The molecule has 3 aromatic rings. The molecule has 0 aromatic heterocycles. The van der Waals surface area contributed by atoms with Crippen LogP contribution in [-0.4, -0.2) is 34.7 Å². The number of fused-ring (bicyclic) bond motifs is 4. The summed E-state index contributed by atoms with van der Waals surface area (Å²) in [6.07, 6.45) is 0.732. The highest BCUT2D eigenvalue weighted by Crippen LogP contribution is 2.52. The fraction of sp³-hybridized carbons (Fsp3) is 0.200. The number of anilines is 1. The minimum Gasteiger partial charge on any atom is -0.497 e. The molecule has 0 N–H and O–H groups in total. The first kappa shape index (κ1) is 19.3. The van der Waals surface area contributed by atoms with Crippen LogP contribution in [0.5, 0.6) is 11.5 Å². The Hall–Kier alpha value is -3.45. The Morgan fingerprint density at radius 3 is 2.56 bits per heavy atom. The lowest BCUT2D eigenvalue weighted by Gasteiger charge is -2.48. The normalized spacial score (nSPS) is 23.6. The molecule has 3 aliphatic rings. The van der Waals surface area contributed by atoms with Crippen molar-refractivity contribution in [2.24, 2.45) is 5.10 Å². The van der Waals surface area contributed by atoms with Gasteiger partial charge in [0.15, 0.2) is 0 Å². The van der Waals surface area contributed by atoms with E-state index in [2.05, 4.69) is 6.07 Å². The van der Waals surface area contributed by atoms with Crippen LogP contribution in [0.25, 0.3) is 0 Å². The Morgan fingerprint density at radius 1 is 1.03 bits per heavy atom. The van der Waals surface area contributed by atoms with Crippen LogP contribution in [0.3, 0.4) is 0 Å². The predicted octanol–water partition coefficient (Wildman–Crippen LogP) is 5.27. The van der Waals surface area contributed by atoms with E-state index >= 15 is 0 Å². The summed E-state index contributed by atoms with van der Waals surface area (Å²) in [5.41, 5.74) is 3.89. The van der Waals surface area contributed by atoms with Gasteiger partial charge < -0.3 is 9.47 Å². The Labute approximate surface area is 190 Å². The second kappa shape index (κ2) is 7.31. The number of para-hydroxylation sites is 2. The molecular weight excluding hydrogens is 422 g/mol. The number of hydrogen-bond acceptors (Lipinski definition) is 6. The quantitative estimate of drug-likeness (QED) is 0.552. The van der Waals surface area contributed by atoms with Gasteiger partial charge in [-0.25, -0.2) is 9.91 Å². The van der Waals surface area contributed by atoms with Crippen molar-refractivity contribution < 1.29 is 14.3 Å². The maximum atomic E-state index is 13.1. The third-order valence-electron chi connectivity index (χ3n) is 6.17. The van der Waals surface area contributed by atoms with E-state index in [0.29, 0.717) is 5.75 Å². The summed E-state index contributed by atoms with van der Waals surface area (Å²) in [4.78, 5) is 14.8. The second-order valence-electron chi connectivity index (χ2n) is 7.95. The zero-order chi connectivity index (χ0) is 21.7. The molecule has 1 fully saturated rings. The number of hydrazone groups is 1. The number of rotatable bonds is 3. The molecule has 0 bridgehead atoms. The van der Waals surface area contributed by atoms with Gasteiger partial charge in [-0.3, -0.25) is 4.79 Å². The van der Waals surface area contributed by atoms with Crippen molar-refractivity contribution in [3.05, 3.63) is 90.0 Å². The fourth-order valence-corrected chi connectivity index (χ4v) is 5.67. The molecular formula is C25H21N3O3S. The monoisotopic (exact) mass is 443 g/mol. The maximum absolute atomic E-state index is 13.1. The zero-order valence-corrected chi connectivity index (χ0v) is 18.3. The standard InChI is InChI=1S/C25H21N3O3S/c1-30-19-13-11-17(12-14-19)21-15-22-20-9-5-6-10-23(20)31-25(28(22)26-21)16-32-24(29)27(25)18-7-3-2-4-8-18/h2-14,22H,15-16H2,1H3/t22-,25-/m0/s1. The Bertz CT molecular complexity index is 1210. The van der Waals surface area contributed by atoms with E-state index in [4.69, 9.17) is 14.6 Å². The van der Waals surface area contributed by atoms with Crippen LogP contribution < -0.4 is 14.4 Å².